The number of primary amides is 2. The van der Waals surface area contributed by atoms with E-state index in [4.69, 9.17) is 23.1 Å². The van der Waals surface area contributed by atoms with Crippen molar-refractivity contribution < 1.29 is 14.7 Å². The van der Waals surface area contributed by atoms with Gasteiger partial charge >= 0.3 is 0 Å². The predicted octanol–water partition coefficient (Wildman–Crippen LogP) is 1.04. The van der Waals surface area contributed by atoms with E-state index >= 15 is 0 Å². The van der Waals surface area contributed by atoms with Crippen LogP contribution in [0.4, 0.5) is 0 Å². The molecule has 1 rings (SSSR count). The number of halogens is 1. The Hall–Kier alpha value is -2.27. The molecule has 5 nitrogen and oxygen atoms in total. The molecule has 0 saturated heterocycles. The highest BCUT2D eigenvalue weighted by atomic mass is 35.5. The molecular formula is C12H11ClN2O3. The van der Waals surface area contributed by atoms with E-state index in [1.807, 2.05) is 0 Å². The van der Waals surface area contributed by atoms with Crippen LogP contribution in [-0.4, -0.2) is 16.9 Å². The zero-order valence-electron chi connectivity index (χ0n) is 9.26. The Labute approximate surface area is 108 Å². The molecule has 0 bridgehead atoms. The average molecular weight is 267 g/mol. The van der Waals surface area contributed by atoms with E-state index in [2.05, 4.69) is 0 Å². The second-order valence-corrected chi connectivity index (χ2v) is 3.84. The van der Waals surface area contributed by atoms with Crippen LogP contribution >= 0.6 is 11.6 Å². The third-order valence-corrected chi connectivity index (χ3v) is 2.21. The largest absolute Gasteiger partial charge is 0.507 e. The molecule has 0 aliphatic carbocycles. The molecule has 0 atom stereocenters. The Balaban J connectivity index is 3.21. The van der Waals surface area contributed by atoms with Gasteiger partial charge in [0.25, 0.3) is 0 Å². The Kier molecular flexibility index (Phi) is 4.51. The topological polar surface area (TPSA) is 106 Å². The van der Waals surface area contributed by atoms with Crippen LogP contribution < -0.4 is 11.5 Å². The van der Waals surface area contributed by atoms with E-state index < -0.39 is 11.8 Å². The fourth-order valence-corrected chi connectivity index (χ4v) is 1.48. The number of nitrogens with two attached hydrogens (primary N) is 2. The number of carbonyl (C=O) groups excluding carboxylic acids is 2. The first-order valence-corrected chi connectivity index (χ1v) is 5.25. The highest BCUT2D eigenvalue weighted by Crippen LogP contribution is 2.29. The lowest BCUT2D eigenvalue weighted by Gasteiger charge is -2.04. The van der Waals surface area contributed by atoms with Crippen molar-refractivity contribution in [2.24, 2.45) is 11.5 Å². The number of hydrogen-bond donors (Lipinski definition) is 3. The fraction of sp³-hybridized carbons (Fsp3) is 0. The molecule has 0 fully saturated rings. The molecule has 0 saturated carbocycles. The molecular weight excluding hydrogens is 256 g/mol. The van der Waals surface area contributed by atoms with Gasteiger partial charge in [0.2, 0.25) is 11.8 Å². The molecule has 1 aromatic rings. The van der Waals surface area contributed by atoms with Crippen LogP contribution in [0.3, 0.4) is 0 Å². The van der Waals surface area contributed by atoms with E-state index in [1.165, 1.54) is 24.3 Å². The van der Waals surface area contributed by atoms with E-state index in [0.29, 0.717) is 16.1 Å². The summed E-state index contributed by atoms with van der Waals surface area (Å²) < 4.78 is 0. The van der Waals surface area contributed by atoms with Crippen molar-refractivity contribution in [3.05, 3.63) is 40.4 Å². The Bertz CT molecular complexity index is 505. The maximum atomic E-state index is 10.6. The monoisotopic (exact) mass is 266 g/mol. The summed E-state index contributed by atoms with van der Waals surface area (Å²) in [6.07, 6.45) is 4.83. The average Bonchev–Trinajstić information content (AvgIpc) is 2.27. The van der Waals surface area contributed by atoms with Gasteiger partial charge in [0.05, 0.1) is 0 Å². The number of aromatic hydroxyl groups is 1. The Morgan fingerprint density at radius 2 is 1.44 bits per heavy atom. The minimum atomic E-state index is -0.649. The lowest BCUT2D eigenvalue weighted by molar-refractivity contribution is -0.114. The van der Waals surface area contributed by atoms with E-state index in [1.54, 1.807) is 0 Å². The lowest BCUT2D eigenvalue weighted by atomic mass is 10.1. The van der Waals surface area contributed by atoms with Gasteiger partial charge in [0.1, 0.15) is 5.75 Å². The molecule has 0 heterocycles. The van der Waals surface area contributed by atoms with Crippen molar-refractivity contribution >= 4 is 35.6 Å². The zero-order valence-corrected chi connectivity index (χ0v) is 10.0. The molecule has 0 radical (unpaired) electrons. The van der Waals surface area contributed by atoms with Gasteiger partial charge in [-0.05, 0) is 24.3 Å². The Morgan fingerprint density at radius 3 is 1.78 bits per heavy atom. The molecule has 94 valence electrons. The molecule has 18 heavy (non-hydrogen) atoms. The highest BCUT2D eigenvalue weighted by Gasteiger charge is 2.05. The fourth-order valence-electron chi connectivity index (χ4n) is 1.24. The van der Waals surface area contributed by atoms with Crippen LogP contribution in [0.5, 0.6) is 5.75 Å². The first-order chi connectivity index (χ1) is 8.40. The smallest absolute Gasteiger partial charge is 0.241 e. The van der Waals surface area contributed by atoms with Crippen molar-refractivity contribution in [2.75, 3.05) is 0 Å². The van der Waals surface area contributed by atoms with Gasteiger partial charge in [-0.1, -0.05) is 11.6 Å². The molecule has 0 unspecified atom stereocenters. The molecule has 0 aromatic heterocycles. The number of phenolic OH excluding ortho intramolecular Hbond substituents is 1. The standard InChI is InChI=1S/C12H11ClN2O3/c13-9-5-7(1-3-10(14)16)12(18)8(6-9)2-4-11(15)17/h1-6,18H,(H2,14,16)(H2,15,17)/b3-1-,4-2-. The summed E-state index contributed by atoms with van der Waals surface area (Å²) >= 11 is 5.84. The lowest BCUT2D eigenvalue weighted by Crippen LogP contribution is -2.05. The number of amides is 2. The molecule has 1 aromatic carbocycles. The molecule has 2 amide bonds. The van der Waals surface area contributed by atoms with Gasteiger partial charge in [-0.3, -0.25) is 9.59 Å². The van der Waals surface area contributed by atoms with Crippen molar-refractivity contribution in [3.8, 4) is 5.75 Å². The van der Waals surface area contributed by atoms with Crippen LogP contribution in [0, 0.1) is 0 Å². The number of hydrogen-bond acceptors (Lipinski definition) is 3. The van der Waals surface area contributed by atoms with Crippen LogP contribution in [-0.2, 0) is 9.59 Å². The van der Waals surface area contributed by atoms with E-state index in [9.17, 15) is 14.7 Å². The van der Waals surface area contributed by atoms with Crippen molar-refractivity contribution in [3.63, 3.8) is 0 Å². The minimum absolute atomic E-state index is 0.130. The first-order valence-electron chi connectivity index (χ1n) is 4.87. The number of phenols is 1. The van der Waals surface area contributed by atoms with Crippen LogP contribution in [0.25, 0.3) is 12.2 Å². The van der Waals surface area contributed by atoms with Crippen molar-refractivity contribution in [1.29, 1.82) is 0 Å². The van der Waals surface area contributed by atoms with E-state index in [0.717, 1.165) is 12.2 Å². The summed E-state index contributed by atoms with van der Waals surface area (Å²) in [5, 5.41) is 10.2. The van der Waals surface area contributed by atoms with Crippen LogP contribution in [0.15, 0.2) is 24.3 Å². The van der Waals surface area contributed by atoms with Gasteiger partial charge in [0.15, 0.2) is 0 Å². The summed E-state index contributed by atoms with van der Waals surface area (Å²) in [5.41, 5.74) is 10.5. The predicted molar refractivity (Wildman–Crippen MR) is 69.6 cm³/mol. The summed E-state index contributed by atoms with van der Waals surface area (Å²) in [6.45, 7) is 0. The molecule has 5 N–H and O–H groups in total. The maximum absolute atomic E-state index is 10.6. The van der Waals surface area contributed by atoms with Gasteiger partial charge in [0, 0.05) is 28.3 Å². The summed E-state index contributed by atoms with van der Waals surface area (Å²) in [5.74, 6) is -1.43. The second kappa shape index (κ2) is 5.88. The number of rotatable bonds is 4. The Morgan fingerprint density at radius 1 is 1.06 bits per heavy atom. The normalized spacial score (nSPS) is 11.2. The summed E-state index contributed by atoms with van der Waals surface area (Å²) in [7, 11) is 0. The maximum Gasteiger partial charge on any atom is 0.241 e. The second-order valence-electron chi connectivity index (χ2n) is 3.40. The highest BCUT2D eigenvalue weighted by molar-refractivity contribution is 6.31. The molecule has 0 aliphatic heterocycles. The third kappa shape index (κ3) is 3.95. The zero-order chi connectivity index (χ0) is 13.7. The van der Waals surface area contributed by atoms with E-state index in [-0.39, 0.29) is 5.75 Å². The van der Waals surface area contributed by atoms with Crippen molar-refractivity contribution in [1.82, 2.24) is 0 Å². The van der Waals surface area contributed by atoms with Gasteiger partial charge in [-0.15, -0.1) is 0 Å². The third-order valence-electron chi connectivity index (χ3n) is 1.99. The van der Waals surface area contributed by atoms with Crippen molar-refractivity contribution in [2.45, 2.75) is 0 Å². The van der Waals surface area contributed by atoms with Gasteiger partial charge in [-0.25, -0.2) is 0 Å². The van der Waals surface area contributed by atoms with Crippen LogP contribution in [0.1, 0.15) is 11.1 Å². The molecule has 0 aliphatic rings. The first kappa shape index (κ1) is 13.8. The van der Waals surface area contributed by atoms with Crippen LogP contribution in [0.2, 0.25) is 5.02 Å². The van der Waals surface area contributed by atoms with Gasteiger partial charge < -0.3 is 16.6 Å². The SMILES string of the molecule is NC(=O)/C=C\c1cc(Cl)cc(/C=C\C(N)=O)c1O. The molecule has 0 spiro atoms. The summed E-state index contributed by atoms with van der Waals surface area (Å²) in [6, 6.07) is 2.91. The number of benzene rings is 1. The van der Waals surface area contributed by atoms with Gasteiger partial charge in [-0.2, -0.15) is 0 Å². The quantitative estimate of drug-likeness (QED) is 0.709. The minimum Gasteiger partial charge on any atom is -0.507 e. The summed E-state index contributed by atoms with van der Waals surface area (Å²) in [4.78, 5) is 21.2. The molecule has 6 heteroatoms. The number of carbonyl (C=O) groups is 2.